The smallest absolute Gasteiger partial charge is 0.224 e. The second-order valence-electron chi connectivity index (χ2n) is 3.84. The molecule has 0 radical (unpaired) electrons. The van der Waals surface area contributed by atoms with Crippen LogP contribution in [0, 0.1) is 13.8 Å². The number of rotatable bonds is 5. The van der Waals surface area contributed by atoms with Crippen LogP contribution in [0.3, 0.4) is 0 Å². The van der Waals surface area contributed by atoms with E-state index in [-0.39, 0.29) is 5.91 Å². The number of aryl methyl sites for hydroxylation is 2. The van der Waals surface area contributed by atoms with E-state index in [4.69, 9.17) is 0 Å². The molecule has 16 heavy (non-hydrogen) atoms. The molecule has 1 aromatic rings. The summed E-state index contributed by atoms with van der Waals surface area (Å²) in [5.41, 5.74) is 2.63. The molecule has 0 saturated carbocycles. The van der Waals surface area contributed by atoms with Gasteiger partial charge in [-0.25, -0.2) is 0 Å². The van der Waals surface area contributed by atoms with Gasteiger partial charge < -0.3 is 10.6 Å². The number of hydrogen-bond donors (Lipinski definition) is 2. The number of amides is 1. The van der Waals surface area contributed by atoms with Crippen molar-refractivity contribution in [2.75, 3.05) is 18.9 Å². The summed E-state index contributed by atoms with van der Waals surface area (Å²) in [5, 5.41) is 5.88. The normalized spacial score (nSPS) is 10.2. The Morgan fingerprint density at radius 3 is 2.75 bits per heavy atom. The third-order valence-corrected chi connectivity index (χ3v) is 2.33. The number of nitrogens with zero attached hydrogens (tertiary/aromatic N) is 1. The van der Waals surface area contributed by atoms with Crippen molar-refractivity contribution in [2.45, 2.75) is 26.7 Å². The predicted molar refractivity (Wildman–Crippen MR) is 65.5 cm³/mol. The Kier molecular flexibility index (Phi) is 4.92. The van der Waals surface area contributed by atoms with Crippen molar-refractivity contribution in [2.24, 2.45) is 0 Å². The summed E-state index contributed by atoms with van der Waals surface area (Å²) in [5.74, 6) is 0.0454. The zero-order valence-corrected chi connectivity index (χ0v) is 10.1. The van der Waals surface area contributed by atoms with E-state index in [1.807, 2.05) is 33.0 Å². The number of pyridine rings is 1. The average Bonchev–Trinajstić information content (AvgIpc) is 2.23. The van der Waals surface area contributed by atoms with Gasteiger partial charge in [-0.15, -0.1) is 0 Å². The predicted octanol–water partition coefficient (Wildman–Crippen LogP) is 1.64. The zero-order chi connectivity index (χ0) is 12.0. The molecule has 0 saturated heterocycles. The molecule has 0 atom stereocenters. The van der Waals surface area contributed by atoms with Gasteiger partial charge in [0.25, 0.3) is 0 Å². The first-order valence-corrected chi connectivity index (χ1v) is 5.52. The highest BCUT2D eigenvalue weighted by molar-refractivity contribution is 5.91. The minimum atomic E-state index is 0.0454. The minimum absolute atomic E-state index is 0.0454. The second kappa shape index (κ2) is 6.23. The zero-order valence-electron chi connectivity index (χ0n) is 10.1. The Morgan fingerprint density at radius 1 is 1.38 bits per heavy atom. The van der Waals surface area contributed by atoms with E-state index in [1.54, 1.807) is 0 Å². The van der Waals surface area contributed by atoms with Crippen LogP contribution in [-0.4, -0.2) is 24.5 Å². The summed E-state index contributed by atoms with van der Waals surface area (Å²) in [6.45, 7) is 4.69. The van der Waals surface area contributed by atoms with Crippen LogP contribution in [-0.2, 0) is 4.79 Å². The van der Waals surface area contributed by atoms with E-state index in [1.165, 1.54) is 0 Å². The van der Waals surface area contributed by atoms with Crippen LogP contribution in [0.1, 0.15) is 24.2 Å². The van der Waals surface area contributed by atoms with Gasteiger partial charge in [-0.2, -0.15) is 0 Å². The standard InChI is InChI=1S/C12H19N3O/c1-9-6-7-11(10(2)14-9)15-12(16)5-4-8-13-3/h6-7,13H,4-5,8H2,1-3H3,(H,15,16). The maximum Gasteiger partial charge on any atom is 0.224 e. The third kappa shape index (κ3) is 3.98. The van der Waals surface area contributed by atoms with Crippen molar-refractivity contribution >= 4 is 11.6 Å². The van der Waals surface area contributed by atoms with Crippen molar-refractivity contribution in [3.05, 3.63) is 23.5 Å². The molecular weight excluding hydrogens is 202 g/mol. The maximum absolute atomic E-state index is 11.6. The molecule has 0 bridgehead atoms. The monoisotopic (exact) mass is 221 g/mol. The van der Waals surface area contributed by atoms with Gasteiger partial charge >= 0.3 is 0 Å². The van der Waals surface area contributed by atoms with Crippen LogP contribution >= 0.6 is 0 Å². The van der Waals surface area contributed by atoms with Crippen LogP contribution in [0.15, 0.2) is 12.1 Å². The van der Waals surface area contributed by atoms with E-state index in [0.717, 1.165) is 30.0 Å². The molecule has 0 fully saturated rings. The lowest BCUT2D eigenvalue weighted by molar-refractivity contribution is -0.116. The first-order chi connectivity index (χ1) is 7.63. The van der Waals surface area contributed by atoms with E-state index < -0.39 is 0 Å². The van der Waals surface area contributed by atoms with Gasteiger partial charge in [0.05, 0.1) is 11.4 Å². The second-order valence-corrected chi connectivity index (χ2v) is 3.84. The van der Waals surface area contributed by atoms with E-state index in [2.05, 4.69) is 15.6 Å². The molecule has 4 nitrogen and oxygen atoms in total. The minimum Gasteiger partial charge on any atom is -0.325 e. The number of carbonyl (C=O) groups excluding carboxylic acids is 1. The Hall–Kier alpha value is -1.42. The van der Waals surface area contributed by atoms with Crippen LogP contribution < -0.4 is 10.6 Å². The lowest BCUT2D eigenvalue weighted by Crippen LogP contribution is -2.16. The molecule has 0 aliphatic rings. The molecule has 0 unspecified atom stereocenters. The molecule has 1 heterocycles. The van der Waals surface area contributed by atoms with E-state index in [9.17, 15) is 4.79 Å². The van der Waals surface area contributed by atoms with Gasteiger partial charge in [0.1, 0.15) is 0 Å². The summed E-state index contributed by atoms with van der Waals surface area (Å²) in [7, 11) is 1.88. The van der Waals surface area contributed by atoms with E-state index in [0.29, 0.717) is 6.42 Å². The van der Waals surface area contributed by atoms with Gasteiger partial charge in [-0.1, -0.05) is 0 Å². The number of nitrogens with one attached hydrogen (secondary N) is 2. The summed E-state index contributed by atoms with van der Waals surface area (Å²) in [4.78, 5) is 15.9. The molecule has 2 N–H and O–H groups in total. The number of aromatic nitrogens is 1. The van der Waals surface area contributed by atoms with Crippen molar-refractivity contribution in [1.82, 2.24) is 10.3 Å². The lowest BCUT2D eigenvalue weighted by atomic mass is 10.2. The fourth-order valence-electron chi connectivity index (χ4n) is 1.46. The molecule has 4 heteroatoms. The fraction of sp³-hybridized carbons (Fsp3) is 0.500. The largest absolute Gasteiger partial charge is 0.325 e. The highest BCUT2D eigenvalue weighted by Crippen LogP contribution is 2.12. The van der Waals surface area contributed by atoms with E-state index >= 15 is 0 Å². The molecule has 0 aromatic carbocycles. The summed E-state index contributed by atoms with van der Waals surface area (Å²) >= 11 is 0. The topological polar surface area (TPSA) is 54.0 Å². The van der Waals surface area contributed by atoms with Crippen LogP contribution in [0.25, 0.3) is 0 Å². The van der Waals surface area contributed by atoms with Crippen molar-refractivity contribution in [1.29, 1.82) is 0 Å². The van der Waals surface area contributed by atoms with Crippen molar-refractivity contribution < 1.29 is 4.79 Å². The Morgan fingerprint density at radius 2 is 2.12 bits per heavy atom. The third-order valence-electron chi connectivity index (χ3n) is 2.33. The van der Waals surface area contributed by atoms with Crippen LogP contribution in [0.5, 0.6) is 0 Å². The molecule has 1 rings (SSSR count). The molecule has 88 valence electrons. The maximum atomic E-state index is 11.6. The van der Waals surface area contributed by atoms with Gasteiger partial charge in [0, 0.05) is 12.1 Å². The Bertz CT molecular complexity index is 363. The lowest BCUT2D eigenvalue weighted by Gasteiger charge is -2.08. The van der Waals surface area contributed by atoms with Gasteiger partial charge in [0.2, 0.25) is 5.91 Å². The van der Waals surface area contributed by atoms with Crippen LogP contribution in [0.4, 0.5) is 5.69 Å². The number of anilines is 1. The Labute approximate surface area is 96.5 Å². The highest BCUT2D eigenvalue weighted by atomic mass is 16.1. The first kappa shape index (κ1) is 12.6. The Balaban J connectivity index is 2.49. The molecule has 1 amide bonds. The highest BCUT2D eigenvalue weighted by Gasteiger charge is 2.04. The van der Waals surface area contributed by atoms with Crippen molar-refractivity contribution in [3.63, 3.8) is 0 Å². The fourth-order valence-corrected chi connectivity index (χ4v) is 1.46. The summed E-state index contributed by atoms with van der Waals surface area (Å²) in [6.07, 6.45) is 1.38. The SMILES string of the molecule is CNCCCC(=O)Nc1ccc(C)nc1C. The summed E-state index contributed by atoms with van der Waals surface area (Å²) < 4.78 is 0. The van der Waals surface area contributed by atoms with Crippen LogP contribution in [0.2, 0.25) is 0 Å². The van der Waals surface area contributed by atoms with Gasteiger partial charge in [-0.05, 0) is 46.0 Å². The average molecular weight is 221 g/mol. The van der Waals surface area contributed by atoms with Gasteiger partial charge in [0.15, 0.2) is 0 Å². The van der Waals surface area contributed by atoms with Gasteiger partial charge in [-0.3, -0.25) is 9.78 Å². The quantitative estimate of drug-likeness (QED) is 0.743. The molecule has 0 spiro atoms. The molecule has 1 aromatic heterocycles. The van der Waals surface area contributed by atoms with Crippen molar-refractivity contribution in [3.8, 4) is 0 Å². The number of hydrogen-bond acceptors (Lipinski definition) is 3. The molecule has 0 aliphatic heterocycles. The molecule has 0 aliphatic carbocycles. The number of carbonyl (C=O) groups is 1. The first-order valence-electron chi connectivity index (χ1n) is 5.52. The summed E-state index contributed by atoms with van der Waals surface area (Å²) in [6, 6.07) is 3.80. The molecular formula is C12H19N3O.